The van der Waals surface area contributed by atoms with Crippen molar-refractivity contribution in [3.63, 3.8) is 0 Å². The monoisotopic (exact) mass is 582 g/mol. The van der Waals surface area contributed by atoms with Crippen molar-refractivity contribution in [2.24, 2.45) is 4.99 Å². The van der Waals surface area contributed by atoms with Crippen LogP contribution in [0.3, 0.4) is 0 Å². The number of fused-ring (bicyclic) bond motifs is 3. The molecule has 0 saturated heterocycles. The van der Waals surface area contributed by atoms with Crippen molar-refractivity contribution in [3.05, 3.63) is 143 Å². The second-order valence-electron chi connectivity index (χ2n) is 9.38. The van der Waals surface area contributed by atoms with Crippen LogP contribution in [0.15, 0.2) is 109 Å². The average molecular weight is 583 g/mol. The Labute approximate surface area is 229 Å². The van der Waals surface area contributed by atoms with Gasteiger partial charge in [0.05, 0.1) is 16.3 Å². The quantitative estimate of drug-likeness (QED) is 0.244. The number of halogens is 2. The summed E-state index contributed by atoms with van der Waals surface area (Å²) in [5, 5.41) is 0. The third kappa shape index (κ3) is 3.94. The summed E-state index contributed by atoms with van der Waals surface area (Å²) in [5.74, 6) is 1.02. The SMILES string of the molecule is O=c1/c(=C\c2ccc(-c3cccc(Br)c3)o2)sc2n1[C@H](c1ccc(F)cc1)C1=C(N=2)c2ccccc2CC1. The van der Waals surface area contributed by atoms with Crippen LogP contribution < -0.4 is 14.9 Å². The maximum Gasteiger partial charge on any atom is 0.271 e. The molecule has 3 aromatic carbocycles. The van der Waals surface area contributed by atoms with Crippen LogP contribution in [0.2, 0.25) is 0 Å². The number of hydrogen-bond acceptors (Lipinski definition) is 4. The van der Waals surface area contributed by atoms with Gasteiger partial charge in [0.1, 0.15) is 17.3 Å². The lowest BCUT2D eigenvalue weighted by Crippen LogP contribution is -2.38. The largest absolute Gasteiger partial charge is 0.457 e. The van der Waals surface area contributed by atoms with Gasteiger partial charge in [0.2, 0.25) is 0 Å². The van der Waals surface area contributed by atoms with Gasteiger partial charge in [-0.2, -0.15) is 0 Å². The Morgan fingerprint density at radius 3 is 2.68 bits per heavy atom. The van der Waals surface area contributed by atoms with Crippen LogP contribution in [-0.4, -0.2) is 4.57 Å². The van der Waals surface area contributed by atoms with E-state index in [1.807, 2.05) is 48.5 Å². The Balaban J connectivity index is 1.40. The van der Waals surface area contributed by atoms with Crippen molar-refractivity contribution in [2.75, 3.05) is 0 Å². The van der Waals surface area contributed by atoms with Gasteiger partial charge in [-0.3, -0.25) is 9.36 Å². The van der Waals surface area contributed by atoms with Gasteiger partial charge in [0, 0.05) is 21.7 Å². The van der Waals surface area contributed by atoms with E-state index in [9.17, 15) is 9.18 Å². The highest BCUT2D eigenvalue weighted by molar-refractivity contribution is 9.10. The molecule has 0 spiro atoms. The lowest BCUT2D eigenvalue weighted by Gasteiger charge is -2.30. The molecule has 0 unspecified atom stereocenters. The summed E-state index contributed by atoms with van der Waals surface area (Å²) in [6, 6.07) is 26.1. The molecule has 1 atom stereocenters. The fourth-order valence-electron chi connectivity index (χ4n) is 5.32. The summed E-state index contributed by atoms with van der Waals surface area (Å²) in [6.07, 6.45) is 3.44. The number of aromatic nitrogens is 1. The number of aryl methyl sites for hydroxylation is 1. The molecule has 0 saturated carbocycles. The fraction of sp³-hybridized carbons (Fsp3) is 0.0968. The lowest BCUT2D eigenvalue weighted by molar-refractivity contribution is 0.570. The van der Waals surface area contributed by atoms with Crippen molar-refractivity contribution < 1.29 is 8.81 Å². The molecule has 7 rings (SSSR count). The summed E-state index contributed by atoms with van der Waals surface area (Å²) in [4.78, 5) is 19.5. The zero-order valence-electron chi connectivity index (χ0n) is 20.0. The minimum absolute atomic E-state index is 0.131. The highest BCUT2D eigenvalue weighted by Gasteiger charge is 2.32. The molecule has 5 aromatic rings. The second kappa shape index (κ2) is 9.19. The van der Waals surface area contributed by atoms with E-state index in [1.165, 1.54) is 29.0 Å². The molecule has 0 radical (unpaired) electrons. The van der Waals surface area contributed by atoms with Crippen molar-refractivity contribution in [3.8, 4) is 11.3 Å². The Morgan fingerprint density at radius 1 is 1.00 bits per heavy atom. The molecule has 186 valence electrons. The van der Waals surface area contributed by atoms with Crippen LogP contribution in [-0.2, 0) is 6.42 Å². The molecule has 1 aliphatic carbocycles. The van der Waals surface area contributed by atoms with Crippen LogP contribution in [0.4, 0.5) is 4.39 Å². The Kier molecular flexibility index (Phi) is 5.64. The maximum absolute atomic E-state index is 13.8. The lowest BCUT2D eigenvalue weighted by atomic mass is 9.83. The summed E-state index contributed by atoms with van der Waals surface area (Å²) in [7, 11) is 0. The Hall–Kier alpha value is -3.81. The molecule has 0 N–H and O–H groups in total. The Bertz CT molecular complexity index is 1930. The first kappa shape index (κ1) is 23.3. The van der Waals surface area contributed by atoms with E-state index >= 15 is 0 Å². The van der Waals surface area contributed by atoms with Crippen LogP contribution in [0.1, 0.15) is 34.9 Å². The summed E-state index contributed by atoms with van der Waals surface area (Å²) >= 11 is 4.85. The molecule has 0 amide bonds. The summed E-state index contributed by atoms with van der Waals surface area (Å²) in [6.45, 7) is 0. The van der Waals surface area contributed by atoms with Crippen molar-refractivity contribution in [2.45, 2.75) is 18.9 Å². The van der Waals surface area contributed by atoms with Gasteiger partial charge in [0.25, 0.3) is 5.56 Å². The third-order valence-electron chi connectivity index (χ3n) is 7.07. The second-order valence-corrected chi connectivity index (χ2v) is 11.3. The van der Waals surface area contributed by atoms with E-state index in [1.54, 1.807) is 22.8 Å². The summed E-state index contributed by atoms with van der Waals surface area (Å²) < 4.78 is 23.2. The number of thiazole rings is 1. The maximum atomic E-state index is 13.8. The molecule has 4 nitrogen and oxygen atoms in total. The van der Waals surface area contributed by atoms with Gasteiger partial charge >= 0.3 is 0 Å². The highest BCUT2D eigenvalue weighted by atomic mass is 79.9. The van der Waals surface area contributed by atoms with Gasteiger partial charge in [-0.1, -0.05) is 75.8 Å². The van der Waals surface area contributed by atoms with Crippen LogP contribution in [0.25, 0.3) is 23.1 Å². The van der Waals surface area contributed by atoms with Gasteiger partial charge in [0.15, 0.2) is 4.80 Å². The number of nitrogens with zero attached hydrogens (tertiary/aromatic N) is 2. The third-order valence-corrected chi connectivity index (χ3v) is 8.54. The predicted molar refractivity (Wildman–Crippen MR) is 151 cm³/mol. The topological polar surface area (TPSA) is 47.5 Å². The normalized spacial score (nSPS) is 16.6. The van der Waals surface area contributed by atoms with E-state index in [0.29, 0.717) is 15.1 Å². The molecule has 38 heavy (non-hydrogen) atoms. The molecule has 2 aliphatic rings. The number of rotatable bonds is 3. The molecule has 3 heterocycles. The van der Waals surface area contributed by atoms with Crippen molar-refractivity contribution >= 4 is 39.0 Å². The van der Waals surface area contributed by atoms with Crippen molar-refractivity contribution in [1.29, 1.82) is 0 Å². The summed E-state index contributed by atoms with van der Waals surface area (Å²) in [5.41, 5.74) is 6.05. The number of allylic oxidation sites excluding steroid dienone is 1. The zero-order valence-corrected chi connectivity index (χ0v) is 22.4. The van der Waals surface area contributed by atoms with Crippen molar-refractivity contribution in [1.82, 2.24) is 4.57 Å². The molecule has 0 bridgehead atoms. The van der Waals surface area contributed by atoms with Crippen LogP contribution in [0.5, 0.6) is 0 Å². The molecule has 1 aliphatic heterocycles. The van der Waals surface area contributed by atoms with E-state index in [-0.39, 0.29) is 17.4 Å². The van der Waals surface area contributed by atoms with Gasteiger partial charge in [-0.15, -0.1) is 0 Å². The highest BCUT2D eigenvalue weighted by Crippen LogP contribution is 2.41. The minimum atomic E-state index is -0.341. The van der Waals surface area contributed by atoms with E-state index in [2.05, 4.69) is 28.1 Å². The smallest absolute Gasteiger partial charge is 0.271 e. The average Bonchev–Trinajstić information content (AvgIpc) is 3.52. The first-order valence-electron chi connectivity index (χ1n) is 12.3. The standard InChI is InChI=1S/C31H20BrFN2O2S/c32-21-6-3-5-20(16-21)26-15-13-23(37-26)17-27-30(36)35-29(19-8-11-22(33)12-9-19)25-14-10-18-4-1-2-7-24(18)28(25)34-31(35)38-27/h1-9,11-13,15-17,29H,10,14H2/b27-17+/t29-/m1/s1. The van der Waals surface area contributed by atoms with Crippen LogP contribution in [0, 0.1) is 5.82 Å². The number of benzene rings is 3. The molecule has 0 fully saturated rings. The van der Waals surface area contributed by atoms with E-state index < -0.39 is 0 Å². The van der Waals surface area contributed by atoms with Gasteiger partial charge in [-0.05, 0) is 65.9 Å². The zero-order chi connectivity index (χ0) is 25.8. The fourth-order valence-corrected chi connectivity index (χ4v) is 6.70. The first-order chi connectivity index (χ1) is 18.5. The minimum Gasteiger partial charge on any atom is -0.457 e. The van der Waals surface area contributed by atoms with Gasteiger partial charge < -0.3 is 4.42 Å². The first-order valence-corrected chi connectivity index (χ1v) is 13.9. The van der Waals surface area contributed by atoms with Crippen LogP contribution >= 0.6 is 27.3 Å². The predicted octanol–water partition coefficient (Wildman–Crippen LogP) is 6.48. The number of furan rings is 1. The van der Waals surface area contributed by atoms with E-state index in [4.69, 9.17) is 9.41 Å². The molecule has 7 heteroatoms. The Morgan fingerprint density at radius 2 is 1.84 bits per heavy atom. The van der Waals surface area contributed by atoms with E-state index in [0.717, 1.165) is 51.0 Å². The molecular weight excluding hydrogens is 563 g/mol. The molecular formula is C31H20BrFN2O2S. The molecule has 2 aromatic heterocycles. The number of hydrogen-bond donors (Lipinski definition) is 0. The van der Waals surface area contributed by atoms with Gasteiger partial charge in [-0.25, -0.2) is 9.38 Å².